The molecule has 0 unspecified atom stereocenters. The number of rotatable bonds is 5. The summed E-state index contributed by atoms with van der Waals surface area (Å²) in [6.07, 6.45) is 2.59. The molecule has 0 saturated carbocycles. The molecular weight excluding hydrogens is 184 g/mol. The van der Waals surface area contributed by atoms with Crippen molar-refractivity contribution in [2.45, 2.75) is 33.1 Å². The molecule has 1 aromatic rings. The summed E-state index contributed by atoms with van der Waals surface area (Å²) in [5, 5.41) is 8.59. The van der Waals surface area contributed by atoms with Crippen molar-refractivity contribution >= 4 is 5.97 Å². The molecule has 1 heterocycles. The molecule has 0 aromatic carbocycles. The second kappa shape index (κ2) is 4.76. The Kier molecular flexibility index (Phi) is 3.64. The molecule has 0 spiro atoms. The van der Waals surface area contributed by atoms with Crippen molar-refractivity contribution in [3.8, 4) is 0 Å². The molecule has 1 atom stereocenters. The number of nitrogens with zero attached hydrogens (tertiary/aromatic N) is 2. The van der Waals surface area contributed by atoms with Gasteiger partial charge in [0.1, 0.15) is 0 Å². The standard InChI is InChI=1S/C9H14N2O3/c1-3-11-6-10-4-8(11)5-14-7(2)9(12)13/h4,6-7H,3,5H2,1-2H3,(H,12,13)/t7-/m0/s1. The van der Waals surface area contributed by atoms with Crippen LogP contribution in [0.5, 0.6) is 0 Å². The third-order valence-electron chi connectivity index (χ3n) is 1.97. The average molecular weight is 198 g/mol. The van der Waals surface area contributed by atoms with Crippen molar-refractivity contribution < 1.29 is 14.6 Å². The highest BCUT2D eigenvalue weighted by Crippen LogP contribution is 2.03. The summed E-state index contributed by atoms with van der Waals surface area (Å²) in [7, 11) is 0. The number of aliphatic carboxylic acids is 1. The SMILES string of the molecule is CCn1cncc1CO[C@@H](C)C(=O)O. The molecular formula is C9H14N2O3. The third kappa shape index (κ3) is 2.56. The van der Waals surface area contributed by atoms with Gasteiger partial charge in [-0.3, -0.25) is 0 Å². The molecule has 0 aliphatic heterocycles. The summed E-state index contributed by atoms with van der Waals surface area (Å²) in [5.41, 5.74) is 0.889. The molecule has 0 amide bonds. The van der Waals surface area contributed by atoms with E-state index in [1.807, 2.05) is 11.5 Å². The third-order valence-corrected chi connectivity index (χ3v) is 1.97. The van der Waals surface area contributed by atoms with Crippen LogP contribution in [0.1, 0.15) is 19.5 Å². The summed E-state index contributed by atoms with van der Waals surface area (Å²) in [6.45, 7) is 4.59. The number of aryl methyl sites for hydroxylation is 1. The fraction of sp³-hybridized carbons (Fsp3) is 0.556. The lowest BCUT2D eigenvalue weighted by atomic mass is 10.4. The maximum Gasteiger partial charge on any atom is 0.332 e. The number of aromatic nitrogens is 2. The number of carbonyl (C=O) groups is 1. The van der Waals surface area contributed by atoms with Crippen LogP contribution in [0.4, 0.5) is 0 Å². The molecule has 0 aliphatic carbocycles. The van der Waals surface area contributed by atoms with E-state index in [2.05, 4.69) is 4.98 Å². The van der Waals surface area contributed by atoms with Gasteiger partial charge in [-0.1, -0.05) is 0 Å². The van der Waals surface area contributed by atoms with Crippen LogP contribution in [0.3, 0.4) is 0 Å². The highest BCUT2D eigenvalue weighted by molar-refractivity contribution is 5.71. The summed E-state index contributed by atoms with van der Waals surface area (Å²) >= 11 is 0. The van der Waals surface area contributed by atoms with Gasteiger partial charge in [-0.25, -0.2) is 9.78 Å². The number of carboxylic acids is 1. The largest absolute Gasteiger partial charge is 0.479 e. The van der Waals surface area contributed by atoms with Crippen LogP contribution < -0.4 is 0 Å². The predicted molar refractivity (Wildman–Crippen MR) is 49.8 cm³/mol. The van der Waals surface area contributed by atoms with Crippen LogP contribution in [0.15, 0.2) is 12.5 Å². The van der Waals surface area contributed by atoms with Crippen molar-refractivity contribution in [3.05, 3.63) is 18.2 Å². The maximum absolute atomic E-state index is 10.5. The van der Waals surface area contributed by atoms with E-state index in [9.17, 15) is 4.79 Å². The minimum atomic E-state index is -0.951. The van der Waals surface area contributed by atoms with Gasteiger partial charge in [0.25, 0.3) is 0 Å². The monoisotopic (exact) mass is 198 g/mol. The number of carboxylic acid groups (broad SMARTS) is 1. The van der Waals surface area contributed by atoms with Gasteiger partial charge in [0.15, 0.2) is 6.10 Å². The molecule has 1 N–H and O–H groups in total. The zero-order valence-corrected chi connectivity index (χ0v) is 8.30. The van der Waals surface area contributed by atoms with Gasteiger partial charge in [0, 0.05) is 6.54 Å². The lowest BCUT2D eigenvalue weighted by Gasteiger charge is -2.09. The van der Waals surface area contributed by atoms with Crippen molar-refractivity contribution in [1.82, 2.24) is 9.55 Å². The summed E-state index contributed by atoms with van der Waals surface area (Å²) < 4.78 is 7.04. The number of imidazole rings is 1. The molecule has 5 heteroatoms. The second-order valence-corrected chi connectivity index (χ2v) is 2.96. The molecule has 0 radical (unpaired) electrons. The van der Waals surface area contributed by atoms with Gasteiger partial charge in [0.05, 0.1) is 24.8 Å². The highest BCUT2D eigenvalue weighted by atomic mass is 16.5. The van der Waals surface area contributed by atoms with Crippen molar-refractivity contribution in [2.75, 3.05) is 0 Å². The van der Waals surface area contributed by atoms with E-state index in [0.29, 0.717) is 0 Å². The van der Waals surface area contributed by atoms with Gasteiger partial charge in [-0.15, -0.1) is 0 Å². The fourth-order valence-corrected chi connectivity index (χ4v) is 1.03. The van der Waals surface area contributed by atoms with E-state index >= 15 is 0 Å². The highest BCUT2D eigenvalue weighted by Gasteiger charge is 2.11. The maximum atomic E-state index is 10.5. The summed E-state index contributed by atoms with van der Waals surface area (Å²) in [5.74, 6) is -0.951. The van der Waals surface area contributed by atoms with Crippen LogP contribution in [-0.4, -0.2) is 26.7 Å². The number of hydrogen-bond acceptors (Lipinski definition) is 3. The van der Waals surface area contributed by atoms with E-state index < -0.39 is 12.1 Å². The minimum Gasteiger partial charge on any atom is -0.479 e. The van der Waals surface area contributed by atoms with Crippen LogP contribution in [-0.2, 0) is 22.7 Å². The Morgan fingerprint density at radius 1 is 1.79 bits per heavy atom. The Balaban J connectivity index is 2.49. The van der Waals surface area contributed by atoms with Gasteiger partial charge in [-0.2, -0.15) is 0 Å². The van der Waals surface area contributed by atoms with Gasteiger partial charge >= 0.3 is 5.97 Å². The molecule has 5 nitrogen and oxygen atoms in total. The second-order valence-electron chi connectivity index (χ2n) is 2.96. The quantitative estimate of drug-likeness (QED) is 0.763. The zero-order chi connectivity index (χ0) is 10.6. The predicted octanol–water partition coefficient (Wildman–Crippen LogP) is 0.893. The minimum absolute atomic E-state index is 0.279. The Morgan fingerprint density at radius 2 is 2.50 bits per heavy atom. The molecule has 78 valence electrons. The van der Waals surface area contributed by atoms with Crippen molar-refractivity contribution in [2.24, 2.45) is 0 Å². The van der Waals surface area contributed by atoms with Gasteiger partial charge < -0.3 is 14.4 Å². The Morgan fingerprint density at radius 3 is 3.07 bits per heavy atom. The Bertz CT molecular complexity index is 309. The smallest absolute Gasteiger partial charge is 0.332 e. The topological polar surface area (TPSA) is 64.4 Å². The number of ether oxygens (including phenoxy) is 1. The van der Waals surface area contributed by atoms with Crippen LogP contribution in [0.25, 0.3) is 0 Å². The van der Waals surface area contributed by atoms with Gasteiger partial charge in [0.2, 0.25) is 0 Å². The first-order valence-electron chi connectivity index (χ1n) is 4.48. The molecule has 14 heavy (non-hydrogen) atoms. The van der Waals surface area contributed by atoms with Crippen LogP contribution in [0.2, 0.25) is 0 Å². The summed E-state index contributed by atoms with van der Waals surface area (Å²) in [4.78, 5) is 14.4. The lowest BCUT2D eigenvalue weighted by molar-refractivity contribution is -0.150. The number of hydrogen-bond donors (Lipinski definition) is 1. The van der Waals surface area contributed by atoms with Crippen molar-refractivity contribution in [1.29, 1.82) is 0 Å². The van der Waals surface area contributed by atoms with Crippen LogP contribution >= 0.6 is 0 Å². The lowest BCUT2D eigenvalue weighted by Crippen LogP contribution is -2.20. The van der Waals surface area contributed by atoms with E-state index in [1.165, 1.54) is 6.92 Å². The molecule has 0 saturated heterocycles. The van der Waals surface area contributed by atoms with E-state index in [4.69, 9.17) is 9.84 Å². The molecule has 0 aliphatic rings. The molecule has 1 rings (SSSR count). The molecule has 0 bridgehead atoms. The van der Waals surface area contributed by atoms with E-state index in [1.54, 1.807) is 12.5 Å². The first-order chi connectivity index (χ1) is 6.65. The van der Waals surface area contributed by atoms with E-state index in [0.717, 1.165) is 12.2 Å². The van der Waals surface area contributed by atoms with E-state index in [-0.39, 0.29) is 6.61 Å². The first kappa shape index (κ1) is 10.7. The van der Waals surface area contributed by atoms with Crippen molar-refractivity contribution in [3.63, 3.8) is 0 Å². The molecule has 1 aromatic heterocycles. The first-order valence-corrected chi connectivity index (χ1v) is 4.48. The Labute approximate surface area is 82.3 Å². The molecule has 0 fully saturated rings. The Hall–Kier alpha value is -1.36. The zero-order valence-electron chi connectivity index (χ0n) is 8.30. The average Bonchev–Trinajstić information content (AvgIpc) is 2.60. The summed E-state index contributed by atoms with van der Waals surface area (Å²) in [6, 6.07) is 0. The van der Waals surface area contributed by atoms with Gasteiger partial charge in [-0.05, 0) is 13.8 Å². The normalized spacial score (nSPS) is 12.7. The fourth-order valence-electron chi connectivity index (χ4n) is 1.03. The van der Waals surface area contributed by atoms with Crippen LogP contribution in [0, 0.1) is 0 Å².